The molecular weight excluding hydrogens is 294 g/mol. The first-order chi connectivity index (χ1) is 11.2. The summed E-state index contributed by atoms with van der Waals surface area (Å²) in [5.41, 5.74) is 0.965. The zero-order chi connectivity index (χ0) is 16.1. The number of ether oxygens (including phenoxy) is 1. The molecule has 23 heavy (non-hydrogen) atoms. The molecule has 0 saturated heterocycles. The van der Waals surface area contributed by atoms with Gasteiger partial charge in [-0.25, -0.2) is 14.6 Å². The Morgan fingerprint density at radius 3 is 3.04 bits per heavy atom. The van der Waals surface area contributed by atoms with Crippen LogP contribution in [0.3, 0.4) is 0 Å². The third-order valence-corrected chi connectivity index (χ3v) is 4.07. The molecule has 1 N–H and O–H groups in total. The van der Waals surface area contributed by atoms with Crippen LogP contribution in [0.1, 0.15) is 44.2 Å². The van der Waals surface area contributed by atoms with Gasteiger partial charge in [0, 0.05) is 18.8 Å². The minimum absolute atomic E-state index is 0.106. The van der Waals surface area contributed by atoms with Crippen LogP contribution >= 0.6 is 0 Å². The molecule has 0 aromatic carbocycles. The van der Waals surface area contributed by atoms with Crippen molar-refractivity contribution < 1.29 is 9.53 Å². The molecular formula is C16H21N5O2. The van der Waals surface area contributed by atoms with Crippen molar-refractivity contribution >= 4 is 5.91 Å². The molecule has 1 amide bonds. The molecule has 2 heterocycles. The molecule has 1 fully saturated rings. The molecule has 0 unspecified atom stereocenters. The second kappa shape index (κ2) is 7.21. The average molecular weight is 315 g/mol. The van der Waals surface area contributed by atoms with Crippen LogP contribution in [0.5, 0.6) is 5.88 Å². The Labute approximate surface area is 135 Å². The Balaban J connectivity index is 1.54. The molecule has 7 heteroatoms. The van der Waals surface area contributed by atoms with Crippen LogP contribution in [0.25, 0.3) is 0 Å². The fraction of sp³-hybridized carbons (Fsp3) is 0.500. The van der Waals surface area contributed by atoms with E-state index in [1.807, 2.05) is 12.1 Å². The normalized spacial score (nSPS) is 16.2. The molecule has 3 rings (SSSR count). The lowest BCUT2D eigenvalue weighted by Gasteiger charge is -2.14. The van der Waals surface area contributed by atoms with Gasteiger partial charge in [-0.05, 0) is 44.2 Å². The summed E-state index contributed by atoms with van der Waals surface area (Å²) in [6.07, 6.45) is 9.58. The van der Waals surface area contributed by atoms with E-state index in [1.165, 1.54) is 30.2 Å². The third-order valence-electron chi connectivity index (χ3n) is 4.07. The van der Waals surface area contributed by atoms with Gasteiger partial charge in [0.25, 0.3) is 0 Å². The topological polar surface area (TPSA) is 81.9 Å². The van der Waals surface area contributed by atoms with E-state index in [0.717, 1.165) is 18.4 Å². The van der Waals surface area contributed by atoms with Crippen molar-refractivity contribution in [2.45, 2.75) is 51.3 Å². The number of nitrogens with one attached hydrogen (secondary N) is 1. The van der Waals surface area contributed by atoms with E-state index < -0.39 is 6.04 Å². The molecule has 0 bridgehead atoms. The monoisotopic (exact) mass is 315 g/mol. The summed E-state index contributed by atoms with van der Waals surface area (Å²) in [6.45, 7) is 2.21. The Morgan fingerprint density at radius 1 is 1.48 bits per heavy atom. The van der Waals surface area contributed by atoms with E-state index in [9.17, 15) is 4.79 Å². The van der Waals surface area contributed by atoms with Crippen molar-refractivity contribution in [2.24, 2.45) is 0 Å². The maximum Gasteiger partial charge on any atom is 0.244 e. The van der Waals surface area contributed by atoms with E-state index >= 15 is 0 Å². The zero-order valence-corrected chi connectivity index (χ0v) is 13.2. The van der Waals surface area contributed by atoms with Crippen molar-refractivity contribution in [1.29, 1.82) is 0 Å². The van der Waals surface area contributed by atoms with Gasteiger partial charge < -0.3 is 10.1 Å². The molecule has 0 aliphatic heterocycles. The molecule has 2 aromatic heterocycles. The van der Waals surface area contributed by atoms with Crippen molar-refractivity contribution in [3.05, 3.63) is 36.5 Å². The van der Waals surface area contributed by atoms with Crippen molar-refractivity contribution in [2.75, 3.05) is 0 Å². The maximum atomic E-state index is 12.1. The van der Waals surface area contributed by atoms with Crippen LogP contribution in [0.4, 0.5) is 0 Å². The van der Waals surface area contributed by atoms with Gasteiger partial charge in [0.15, 0.2) is 0 Å². The molecule has 2 aromatic rings. The standard InChI is InChI=1S/C16H21N5O2/c1-12(21-11-17-10-20-21)16(22)19-9-13-6-7-18-15(8-13)23-14-4-2-3-5-14/h6-8,10-12,14H,2-5,9H2,1H3,(H,19,22)/t12-/m1/s1. The fourth-order valence-corrected chi connectivity index (χ4v) is 2.68. The Bertz CT molecular complexity index is 638. The van der Waals surface area contributed by atoms with Crippen molar-refractivity contribution in [1.82, 2.24) is 25.1 Å². The molecule has 7 nitrogen and oxygen atoms in total. The molecule has 0 radical (unpaired) electrons. The highest BCUT2D eigenvalue weighted by Gasteiger charge is 2.17. The highest BCUT2D eigenvalue weighted by molar-refractivity contribution is 5.79. The van der Waals surface area contributed by atoms with E-state index in [1.54, 1.807) is 13.1 Å². The summed E-state index contributed by atoms with van der Waals surface area (Å²) < 4.78 is 7.41. The highest BCUT2D eigenvalue weighted by atomic mass is 16.5. The zero-order valence-electron chi connectivity index (χ0n) is 13.2. The second-order valence-electron chi connectivity index (χ2n) is 5.80. The summed E-state index contributed by atoms with van der Waals surface area (Å²) >= 11 is 0. The molecule has 1 atom stereocenters. The molecule has 122 valence electrons. The summed E-state index contributed by atoms with van der Waals surface area (Å²) in [6, 6.07) is 3.37. The number of aromatic nitrogens is 4. The Kier molecular flexibility index (Phi) is 4.85. The van der Waals surface area contributed by atoms with Crippen LogP contribution in [0.15, 0.2) is 31.0 Å². The van der Waals surface area contributed by atoms with E-state index in [-0.39, 0.29) is 12.0 Å². The quantitative estimate of drug-likeness (QED) is 0.880. The lowest BCUT2D eigenvalue weighted by molar-refractivity contribution is -0.124. The van der Waals surface area contributed by atoms with Gasteiger partial charge in [-0.15, -0.1) is 0 Å². The summed E-state index contributed by atoms with van der Waals surface area (Å²) in [7, 11) is 0. The van der Waals surface area contributed by atoms with E-state index in [2.05, 4.69) is 20.4 Å². The van der Waals surface area contributed by atoms with Gasteiger partial charge in [0.2, 0.25) is 11.8 Å². The summed E-state index contributed by atoms with van der Waals surface area (Å²) in [5.74, 6) is 0.526. The maximum absolute atomic E-state index is 12.1. The van der Waals surface area contributed by atoms with E-state index in [4.69, 9.17) is 4.74 Å². The van der Waals surface area contributed by atoms with Gasteiger partial charge in [0.1, 0.15) is 24.8 Å². The van der Waals surface area contributed by atoms with Crippen LogP contribution in [0, 0.1) is 0 Å². The number of pyridine rings is 1. The number of nitrogens with zero attached hydrogens (tertiary/aromatic N) is 4. The Morgan fingerprint density at radius 2 is 2.30 bits per heavy atom. The average Bonchev–Trinajstić information content (AvgIpc) is 3.25. The van der Waals surface area contributed by atoms with Gasteiger partial charge in [-0.1, -0.05) is 0 Å². The highest BCUT2D eigenvalue weighted by Crippen LogP contribution is 2.23. The largest absolute Gasteiger partial charge is 0.474 e. The second-order valence-corrected chi connectivity index (χ2v) is 5.80. The smallest absolute Gasteiger partial charge is 0.244 e. The van der Waals surface area contributed by atoms with Crippen LogP contribution in [0.2, 0.25) is 0 Å². The van der Waals surface area contributed by atoms with Gasteiger partial charge in [-0.2, -0.15) is 5.10 Å². The SMILES string of the molecule is C[C@H](C(=O)NCc1ccnc(OC2CCCC2)c1)n1cncn1. The van der Waals surface area contributed by atoms with Gasteiger partial charge >= 0.3 is 0 Å². The van der Waals surface area contributed by atoms with E-state index in [0.29, 0.717) is 12.4 Å². The number of hydrogen-bond acceptors (Lipinski definition) is 5. The van der Waals surface area contributed by atoms with Crippen LogP contribution in [-0.4, -0.2) is 31.8 Å². The molecule has 1 aliphatic carbocycles. The fourth-order valence-electron chi connectivity index (χ4n) is 2.68. The molecule has 0 spiro atoms. The molecule has 1 aliphatic rings. The number of carbonyl (C=O) groups excluding carboxylic acids is 1. The predicted molar refractivity (Wildman–Crippen MR) is 83.7 cm³/mol. The number of hydrogen-bond donors (Lipinski definition) is 1. The first-order valence-electron chi connectivity index (χ1n) is 7.96. The van der Waals surface area contributed by atoms with Crippen molar-refractivity contribution in [3.63, 3.8) is 0 Å². The summed E-state index contributed by atoms with van der Waals surface area (Å²) in [5, 5.41) is 6.88. The van der Waals surface area contributed by atoms with Crippen LogP contribution in [-0.2, 0) is 11.3 Å². The minimum atomic E-state index is -0.395. The minimum Gasteiger partial charge on any atom is -0.474 e. The Hall–Kier alpha value is -2.44. The number of amides is 1. The third kappa shape index (κ3) is 4.06. The number of rotatable bonds is 6. The lowest BCUT2D eigenvalue weighted by Crippen LogP contribution is -2.30. The van der Waals surface area contributed by atoms with Crippen LogP contribution < -0.4 is 10.1 Å². The summed E-state index contributed by atoms with van der Waals surface area (Å²) in [4.78, 5) is 20.2. The molecule has 1 saturated carbocycles. The van der Waals surface area contributed by atoms with Gasteiger partial charge in [0.05, 0.1) is 0 Å². The first-order valence-corrected chi connectivity index (χ1v) is 7.96. The lowest BCUT2D eigenvalue weighted by atomic mass is 10.2. The first kappa shape index (κ1) is 15.5. The van der Waals surface area contributed by atoms with Gasteiger partial charge in [-0.3, -0.25) is 4.79 Å². The predicted octanol–water partition coefficient (Wildman–Crippen LogP) is 1.87. The number of carbonyl (C=O) groups is 1. The van der Waals surface area contributed by atoms with Crippen molar-refractivity contribution in [3.8, 4) is 5.88 Å².